The molecule has 3 rings (SSSR count). The van der Waals surface area contributed by atoms with Crippen molar-refractivity contribution in [2.24, 2.45) is 11.7 Å². The molecular weight excluding hydrogens is 336 g/mol. The fourth-order valence-electron chi connectivity index (χ4n) is 3.15. The molecule has 0 radical (unpaired) electrons. The highest BCUT2D eigenvalue weighted by Gasteiger charge is 2.33. The van der Waals surface area contributed by atoms with Crippen LogP contribution in [0.3, 0.4) is 0 Å². The molecule has 1 aliphatic rings. The van der Waals surface area contributed by atoms with Crippen LogP contribution < -0.4 is 11.1 Å². The van der Waals surface area contributed by atoms with Gasteiger partial charge >= 0.3 is 0 Å². The van der Waals surface area contributed by atoms with Crippen LogP contribution in [0.25, 0.3) is 5.69 Å². The average molecular weight is 363 g/mol. The number of benzene rings is 1. The predicted octanol–water partition coefficient (Wildman–Crippen LogP) is 2.89. The van der Waals surface area contributed by atoms with E-state index in [1.54, 1.807) is 0 Å². The number of nitrogens with two attached hydrogens (primary N) is 1. The number of nitrogens with zero attached hydrogens (tertiary/aromatic N) is 2. The van der Waals surface area contributed by atoms with Crippen molar-refractivity contribution >= 4 is 18.3 Å². The van der Waals surface area contributed by atoms with Gasteiger partial charge in [-0.25, -0.2) is 4.68 Å². The molecular formula is C19H27ClN4O. The maximum absolute atomic E-state index is 12.9. The smallest absolute Gasteiger partial charge is 0.272 e. The van der Waals surface area contributed by atoms with Crippen LogP contribution in [0.4, 0.5) is 0 Å². The molecule has 6 heteroatoms. The maximum atomic E-state index is 12.9. The molecule has 0 saturated carbocycles. The topological polar surface area (TPSA) is 72.9 Å². The molecule has 0 spiro atoms. The van der Waals surface area contributed by atoms with Gasteiger partial charge in [0.1, 0.15) is 0 Å². The van der Waals surface area contributed by atoms with Crippen molar-refractivity contribution in [3.8, 4) is 5.69 Å². The maximum Gasteiger partial charge on any atom is 0.272 e. The van der Waals surface area contributed by atoms with E-state index in [0.29, 0.717) is 12.2 Å². The van der Waals surface area contributed by atoms with Crippen molar-refractivity contribution in [2.45, 2.75) is 45.6 Å². The number of halogens is 1. The number of hydrogen-bond acceptors (Lipinski definition) is 3. The van der Waals surface area contributed by atoms with Gasteiger partial charge in [-0.3, -0.25) is 4.79 Å². The highest BCUT2D eigenvalue weighted by Crippen LogP contribution is 2.28. The van der Waals surface area contributed by atoms with Gasteiger partial charge in [0.15, 0.2) is 5.69 Å². The van der Waals surface area contributed by atoms with Crippen LogP contribution in [0, 0.1) is 5.92 Å². The van der Waals surface area contributed by atoms with E-state index in [9.17, 15) is 4.79 Å². The minimum atomic E-state index is -0.431. The molecule has 0 aliphatic heterocycles. The predicted molar refractivity (Wildman–Crippen MR) is 103 cm³/mol. The standard InChI is InChI=1S/C19H26N4O.ClH/c1-13(2)19(3,12-20)21-18(24)17-15-10-7-11-16(15)23(22-17)14-8-5-4-6-9-14;/h4-6,8-9,13H,7,10-12,20H2,1-3H3,(H,21,24);1H. The van der Waals surface area contributed by atoms with Crippen LogP contribution in [-0.4, -0.2) is 27.8 Å². The van der Waals surface area contributed by atoms with Crippen molar-refractivity contribution < 1.29 is 4.79 Å². The molecule has 1 atom stereocenters. The summed E-state index contributed by atoms with van der Waals surface area (Å²) in [5, 5.41) is 7.76. The SMILES string of the molecule is CC(C)C(C)(CN)NC(=O)c1nn(-c2ccccc2)c2c1CCC2.Cl. The molecule has 1 aromatic heterocycles. The van der Waals surface area contributed by atoms with Crippen molar-refractivity contribution in [1.82, 2.24) is 15.1 Å². The summed E-state index contributed by atoms with van der Waals surface area (Å²) in [6.45, 7) is 6.53. The molecule has 136 valence electrons. The van der Waals surface area contributed by atoms with Gasteiger partial charge < -0.3 is 11.1 Å². The molecule has 0 saturated heterocycles. The van der Waals surface area contributed by atoms with Crippen LogP contribution in [0.1, 0.15) is 48.9 Å². The lowest BCUT2D eigenvalue weighted by Gasteiger charge is -2.33. The minimum Gasteiger partial charge on any atom is -0.344 e. The summed E-state index contributed by atoms with van der Waals surface area (Å²) in [6, 6.07) is 10.00. The Hall–Kier alpha value is -1.85. The summed E-state index contributed by atoms with van der Waals surface area (Å²) >= 11 is 0. The fourth-order valence-corrected chi connectivity index (χ4v) is 3.15. The number of amides is 1. The molecule has 3 N–H and O–H groups in total. The van der Waals surface area contributed by atoms with Crippen molar-refractivity contribution in [1.29, 1.82) is 0 Å². The molecule has 1 heterocycles. The zero-order chi connectivity index (χ0) is 17.3. The first-order chi connectivity index (χ1) is 11.5. The third-order valence-corrected chi connectivity index (χ3v) is 5.24. The molecule has 1 aromatic carbocycles. The van der Waals surface area contributed by atoms with Gasteiger partial charge in [-0.1, -0.05) is 32.0 Å². The second-order valence-corrected chi connectivity index (χ2v) is 7.11. The van der Waals surface area contributed by atoms with Crippen molar-refractivity contribution in [3.05, 3.63) is 47.3 Å². The minimum absolute atomic E-state index is 0. The summed E-state index contributed by atoms with van der Waals surface area (Å²) in [6.07, 6.45) is 2.94. The van der Waals surface area contributed by atoms with E-state index in [1.807, 2.05) is 41.9 Å². The third kappa shape index (κ3) is 3.58. The molecule has 2 aromatic rings. The summed E-state index contributed by atoms with van der Waals surface area (Å²) < 4.78 is 1.92. The third-order valence-electron chi connectivity index (χ3n) is 5.24. The largest absolute Gasteiger partial charge is 0.344 e. The van der Waals surface area contributed by atoms with Crippen molar-refractivity contribution in [2.75, 3.05) is 6.54 Å². The lowest BCUT2D eigenvalue weighted by atomic mass is 9.88. The summed E-state index contributed by atoms with van der Waals surface area (Å²) in [5.41, 5.74) is 9.26. The number of carbonyl (C=O) groups is 1. The lowest BCUT2D eigenvalue weighted by Crippen LogP contribution is -2.55. The Bertz CT molecular complexity index is 741. The average Bonchev–Trinajstić information content (AvgIpc) is 3.17. The van der Waals surface area contributed by atoms with Gasteiger partial charge in [-0.15, -0.1) is 12.4 Å². The van der Waals surface area contributed by atoms with Gasteiger partial charge in [0.05, 0.1) is 11.2 Å². The molecule has 1 aliphatic carbocycles. The van der Waals surface area contributed by atoms with Crippen LogP contribution >= 0.6 is 12.4 Å². The number of nitrogens with one attached hydrogen (secondary N) is 1. The molecule has 0 bridgehead atoms. The summed E-state index contributed by atoms with van der Waals surface area (Å²) in [4.78, 5) is 12.9. The first-order valence-corrected chi connectivity index (χ1v) is 8.65. The number of hydrogen-bond donors (Lipinski definition) is 2. The Morgan fingerprint density at radius 3 is 2.60 bits per heavy atom. The van der Waals surface area contributed by atoms with Crippen LogP contribution in [0.5, 0.6) is 0 Å². The van der Waals surface area contributed by atoms with E-state index in [0.717, 1.165) is 36.2 Å². The molecule has 5 nitrogen and oxygen atoms in total. The first-order valence-electron chi connectivity index (χ1n) is 8.65. The fraction of sp³-hybridized carbons (Fsp3) is 0.474. The Kier molecular flexibility index (Phi) is 5.91. The quantitative estimate of drug-likeness (QED) is 0.858. The molecule has 25 heavy (non-hydrogen) atoms. The number of carbonyl (C=O) groups excluding carboxylic acids is 1. The highest BCUT2D eigenvalue weighted by atomic mass is 35.5. The first kappa shape index (κ1) is 19.5. The number of aromatic nitrogens is 2. The number of para-hydroxylation sites is 1. The normalized spacial score (nSPS) is 15.4. The number of fused-ring (bicyclic) bond motifs is 1. The Morgan fingerprint density at radius 1 is 1.32 bits per heavy atom. The Morgan fingerprint density at radius 2 is 2.00 bits per heavy atom. The molecule has 1 amide bonds. The van der Waals surface area contributed by atoms with Gasteiger partial charge in [0, 0.05) is 17.8 Å². The monoisotopic (exact) mass is 362 g/mol. The second-order valence-electron chi connectivity index (χ2n) is 7.11. The molecule has 0 fully saturated rings. The summed E-state index contributed by atoms with van der Waals surface area (Å²) in [7, 11) is 0. The summed E-state index contributed by atoms with van der Waals surface area (Å²) in [5.74, 6) is 0.125. The van der Waals surface area contributed by atoms with Gasteiger partial charge in [-0.05, 0) is 44.2 Å². The lowest BCUT2D eigenvalue weighted by molar-refractivity contribution is 0.0876. The van der Waals surface area contributed by atoms with Gasteiger partial charge in [0.2, 0.25) is 0 Å². The van der Waals surface area contributed by atoms with E-state index in [4.69, 9.17) is 5.73 Å². The van der Waals surface area contributed by atoms with E-state index >= 15 is 0 Å². The van der Waals surface area contributed by atoms with Crippen LogP contribution in [-0.2, 0) is 12.8 Å². The molecule has 1 unspecified atom stereocenters. The second kappa shape index (κ2) is 7.58. The van der Waals surface area contributed by atoms with Gasteiger partial charge in [0.25, 0.3) is 5.91 Å². The highest BCUT2D eigenvalue weighted by molar-refractivity contribution is 5.94. The van der Waals surface area contributed by atoms with Crippen LogP contribution in [0.2, 0.25) is 0 Å². The van der Waals surface area contributed by atoms with Crippen LogP contribution in [0.15, 0.2) is 30.3 Å². The van der Waals surface area contributed by atoms with Crippen molar-refractivity contribution in [3.63, 3.8) is 0 Å². The van der Waals surface area contributed by atoms with E-state index in [2.05, 4.69) is 24.3 Å². The van der Waals surface area contributed by atoms with E-state index < -0.39 is 5.54 Å². The Labute approximate surface area is 155 Å². The van der Waals surface area contributed by atoms with E-state index in [1.165, 1.54) is 0 Å². The van der Waals surface area contributed by atoms with Gasteiger partial charge in [-0.2, -0.15) is 5.10 Å². The number of rotatable bonds is 5. The zero-order valence-electron chi connectivity index (χ0n) is 15.1. The Balaban J connectivity index is 0.00000225. The zero-order valence-corrected chi connectivity index (χ0v) is 15.9. The van der Waals surface area contributed by atoms with E-state index in [-0.39, 0.29) is 24.2 Å².